The highest BCUT2D eigenvalue weighted by molar-refractivity contribution is 9.10. The van der Waals surface area contributed by atoms with Crippen LogP contribution in [0.3, 0.4) is 0 Å². The number of alkyl halides is 1. The molecule has 0 radical (unpaired) electrons. The Morgan fingerprint density at radius 1 is 1.35 bits per heavy atom. The minimum absolute atomic E-state index is 0.238. The average molecular weight is 314 g/mol. The molecule has 1 aromatic heterocycles. The maximum Gasteiger partial charge on any atom is 0.127 e. The molecule has 0 spiro atoms. The number of halogens is 2. The fourth-order valence-corrected chi connectivity index (χ4v) is 2.89. The van der Waals surface area contributed by atoms with Gasteiger partial charge in [0.1, 0.15) is 5.75 Å². The minimum atomic E-state index is -0.238. The Morgan fingerprint density at radius 3 is 3.00 bits per heavy atom. The molecule has 88 valence electrons. The third kappa shape index (κ3) is 1.98. The van der Waals surface area contributed by atoms with Crippen molar-refractivity contribution in [1.82, 2.24) is 0 Å². The van der Waals surface area contributed by atoms with Gasteiger partial charge in [0, 0.05) is 22.0 Å². The Kier molecular flexibility index (Phi) is 2.89. The number of ether oxygens (including phenoxy) is 1. The van der Waals surface area contributed by atoms with Crippen molar-refractivity contribution in [2.45, 2.75) is 11.8 Å². The molecule has 0 aliphatic carbocycles. The Balaban J connectivity index is 2.09. The Morgan fingerprint density at radius 2 is 2.24 bits per heavy atom. The fraction of sp³-hybridized carbons (Fsp3) is 0.231. The van der Waals surface area contributed by atoms with Crippen LogP contribution in [0.5, 0.6) is 5.75 Å². The second-order valence-electron chi connectivity index (χ2n) is 4.00. The molecule has 17 heavy (non-hydrogen) atoms. The lowest BCUT2D eigenvalue weighted by molar-refractivity contribution is 0.353. The molecule has 0 bridgehead atoms. The van der Waals surface area contributed by atoms with Crippen LogP contribution in [0.2, 0.25) is 0 Å². The predicted molar refractivity (Wildman–Crippen MR) is 69.7 cm³/mol. The molecule has 1 aromatic carbocycles. The van der Waals surface area contributed by atoms with E-state index in [0.717, 1.165) is 34.4 Å². The molecule has 1 atom stereocenters. The van der Waals surface area contributed by atoms with Crippen molar-refractivity contribution in [3.05, 3.63) is 51.9 Å². The lowest BCUT2D eigenvalue weighted by Crippen LogP contribution is -1.96. The SMILES string of the molecule is ClC(c1ccoc1)c1cc(Br)cc2c1OCC2. The van der Waals surface area contributed by atoms with Crippen molar-refractivity contribution in [3.63, 3.8) is 0 Å². The van der Waals surface area contributed by atoms with Crippen LogP contribution < -0.4 is 4.74 Å². The topological polar surface area (TPSA) is 22.4 Å². The zero-order valence-electron chi connectivity index (χ0n) is 8.95. The van der Waals surface area contributed by atoms with E-state index in [1.165, 1.54) is 5.56 Å². The van der Waals surface area contributed by atoms with Gasteiger partial charge in [-0.25, -0.2) is 0 Å². The second kappa shape index (κ2) is 4.39. The van der Waals surface area contributed by atoms with Crippen molar-refractivity contribution in [2.75, 3.05) is 6.61 Å². The van der Waals surface area contributed by atoms with Crippen molar-refractivity contribution in [1.29, 1.82) is 0 Å². The van der Waals surface area contributed by atoms with E-state index >= 15 is 0 Å². The van der Waals surface area contributed by atoms with E-state index in [4.69, 9.17) is 20.8 Å². The molecule has 2 heterocycles. The van der Waals surface area contributed by atoms with Gasteiger partial charge < -0.3 is 9.15 Å². The van der Waals surface area contributed by atoms with Gasteiger partial charge in [-0.1, -0.05) is 15.9 Å². The number of furan rings is 1. The van der Waals surface area contributed by atoms with Gasteiger partial charge in [0.05, 0.1) is 24.5 Å². The van der Waals surface area contributed by atoms with E-state index in [1.54, 1.807) is 12.5 Å². The van der Waals surface area contributed by atoms with Crippen molar-refractivity contribution in [2.24, 2.45) is 0 Å². The van der Waals surface area contributed by atoms with E-state index in [0.29, 0.717) is 0 Å². The summed E-state index contributed by atoms with van der Waals surface area (Å²) in [7, 11) is 0. The average Bonchev–Trinajstić information content (AvgIpc) is 2.97. The first-order valence-corrected chi connectivity index (χ1v) is 6.60. The van der Waals surface area contributed by atoms with E-state index in [9.17, 15) is 0 Å². The summed E-state index contributed by atoms with van der Waals surface area (Å²) in [6.45, 7) is 0.730. The first kappa shape index (κ1) is 11.2. The Hall–Kier alpha value is -0.930. The molecule has 3 rings (SSSR count). The van der Waals surface area contributed by atoms with Crippen LogP contribution in [0.25, 0.3) is 0 Å². The van der Waals surface area contributed by atoms with Crippen molar-refractivity contribution >= 4 is 27.5 Å². The summed E-state index contributed by atoms with van der Waals surface area (Å²) < 4.78 is 11.8. The molecule has 0 fully saturated rings. The zero-order chi connectivity index (χ0) is 11.8. The molecule has 1 unspecified atom stereocenters. The summed E-state index contributed by atoms with van der Waals surface area (Å²) in [4.78, 5) is 0. The highest BCUT2D eigenvalue weighted by Crippen LogP contribution is 2.41. The highest BCUT2D eigenvalue weighted by Gasteiger charge is 2.23. The van der Waals surface area contributed by atoms with Crippen LogP contribution in [0, 0.1) is 0 Å². The van der Waals surface area contributed by atoms with E-state index in [-0.39, 0.29) is 5.38 Å². The number of hydrogen-bond acceptors (Lipinski definition) is 2. The predicted octanol–water partition coefficient (Wildman–Crippen LogP) is 4.31. The van der Waals surface area contributed by atoms with Crippen molar-refractivity contribution in [3.8, 4) is 5.75 Å². The van der Waals surface area contributed by atoms with Crippen LogP contribution in [0.1, 0.15) is 22.1 Å². The first-order chi connectivity index (χ1) is 8.25. The summed E-state index contributed by atoms with van der Waals surface area (Å²) in [5.41, 5.74) is 3.15. The minimum Gasteiger partial charge on any atom is -0.493 e. The molecule has 0 amide bonds. The molecule has 2 aromatic rings. The van der Waals surface area contributed by atoms with Gasteiger partial charge in [0.15, 0.2) is 0 Å². The number of hydrogen-bond donors (Lipinski definition) is 0. The third-order valence-corrected chi connectivity index (χ3v) is 3.83. The molecule has 4 heteroatoms. The molecule has 2 nitrogen and oxygen atoms in total. The van der Waals surface area contributed by atoms with Crippen LogP contribution >= 0.6 is 27.5 Å². The smallest absolute Gasteiger partial charge is 0.127 e. The maximum absolute atomic E-state index is 6.47. The van der Waals surface area contributed by atoms with E-state index < -0.39 is 0 Å². The quantitative estimate of drug-likeness (QED) is 0.771. The van der Waals surface area contributed by atoms with Crippen LogP contribution in [-0.2, 0) is 6.42 Å². The standard InChI is InChI=1S/C13H10BrClO2/c14-10-5-8-2-4-17-13(8)11(6-10)12(15)9-1-3-16-7-9/h1,3,5-7,12H,2,4H2. The third-order valence-electron chi connectivity index (χ3n) is 2.89. The van der Waals surface area contributed by atoms with Gasteiger partial charge in [-0.15, -0.1) is 11.6 Å². The van der Waals surface area contributed by atoms with Crippen LogP contribution in [-0.4, -0.2) is 6.61 Å². The van der Waals surface area contributed by atoms with Crippen LogP contribution in [0.4, 0.5) is 0 Å². The molecular weight excluding hydrogens is 303 g/mol. The molecule has 1 aliphatic heterocycles. The van der Waals surface area contributed by atoms with Gasteiger partial charge in [-0.05, 0) is 23.8 Å². The Labute approximate surface area is 113 Å². The first-order valence-electron chi connectivity index (χ1n) is 5.37. The van der Waals surface area contributed by atoms with Gasteiger partial charge in [0.2, 0.25) is 0 Å². The Bertz CT molecular complexity index is 537. The number of fused-ring (bicyclic) bond motifs is 1. The molecule has 0 N–H and O–H groups in total. The van der Waals surface area contributed by atoms with Crippen molar-refractivity contribution < 1.29 is 9.15 Å². The van der Waals surface area contributed by atoms with Gasteiger partial charge in [-0.3, -0.25) is 0 Å². The molecule has 1 aliphatic rings. The summed E-state index contributed by atoms with van der Waals surface area (Å²) in [6, 6.07) is 5.97. The number of rotatable bonds is 2. The largest absolute Gasteiger partial charge is 0.493 e. The zero-order valence-corrected chi connectivity index (χ0v) is 11.3. The fourth-order valence-electron chi connectivity index (χ4n) is 2.08. The molecule has 0 saturated carbocycles. The van der Waals surface area contributed by atoms with Gasteiger partial charge in [0.25, 0.3) is 0 Å². The summed E-state index contributed by atoms with van der Waals surface area (Å²) in [6.07, 6.45) is 4.24. The maximum atomic E-state index is 6.47. The monoisotopic (exact) mass is 312 g/mol. The van der Waals surface area contributed by atoms with Gasteiger partial charge in [-0.2, -0.15) is 0 Å². The summed E-state index contributed by atoms with van der Waals surface area (Å²) >= 11 is 9.98. The molecule has 0 saturated heterocycles. The molecular formula is C13H10BrClO2. The van der Waals surface area contributed by atoms with Crippen LogP contribution in [0.15, 0.2) is 39.6 Å². The van der Waals surface area contributed by atoms with E-state index in [1.807, 2.05) is 12.1 Å². The lowest BCUT2D eigenvalue weighted by Gasteiger charge is -2.13. The number of benzene rings is 1. The summed E-state index contributed by atoms with van der Waals surface area (Å²) in [5, 5.41) is -0.238. The van der Waals surface area contributed by atoms with E-state index in [2.05, 4.69) is 22.0 Å². The normalized spacial score (nSPS) is 15.4. The second-order valence-corrected chi connectivity index (χ2v) is 5.35. The van der Waals surface area contributed by atoms with Gasteiger partial charge >= 0.3 is 0 Å². The lowest BCUT2D eigenvalue weighted by atomic mass is 10.0. The highest BCUT2D eigenvalue weighted by atomic mass is 79.9. The summed E-state index contributed by atoms with van der Waals surface area (Å²) in [5.74, 6) is 0.925.